The van der Waals surface area contributed by atoms with Crippen molar-refractivity contribution in [1.29, 1.82) is 0 Å². The Balaban J connectivity index is 2.18. The quantitative estimate of drug-likeness (QED) is 0.731. The van der Waals surface area contributed by atoms with E-state index in [2.05, 4.69) is 15.1 Å². The molecule has 0 spiro atoms. The molecule has 1 saturated heterocycles. The third-order valence-corrected chi connectivity index (χ3v) is 3.92. The Morgan fingerprint density at radius 3 is 2.75 bits per heavy atom. The van der Waals surface area contributed by atoms with Crippen molar-refractivity contribution in [3.8, 4) is 0 Å². The first-order valence-electron chi connectivity index (χ1n) is 4.95. The van der Waals surface area contributed by atoms with Gasteiger partial charge in [-0.15, -0.1) is 0 Å². The van der Waals surface area contributed by atoms with Crippen molar-refractivity contribution in [2.75, 3.05) is 31.9 Å². The summed E-state index contributed by atoms with van der Waals surface area (Å²) in [4.78, 5) is 0. The van der Waals surface area contributed by atoms with E-state index in [0.717, 1.165) is 17.4 Å². The molecule has 7 nitrogen and oxygen atoms in total. The van der Waals surface area contributed by atoms with Crippen LogP contribution in [0.25, 0.3) is 0 Å². The third kappa shape index (κ3) is 2.04. The second-order valence-electron chi connectivity index (χ2n) is 3.86. The largest absolute Gasteiger partial charge is 0.312 e. The van der Waals surface area contributed by atoms with Gasteiger partial charge in [-0.05, 0) is 0 Å². The summed E-state index contributed by atoms with van der Waals surface area (Å²) in [5.74, 6) is 0.500. The SMILES string of the molecule is CN(C)S(=O)(=O)Nc1ccnn1C1CNC1. The molecular formula is C8H15N5O2S. The number of rotatable bonds is 4. The summed E-state index contributed by atoms with van der Waals surface area (Å²) in [6.45, 7) is 1.64. The molecule has 16 heavy (non-hydrogen) atoms. The van der Waals surface area contributed by atoms with Crippen LogP contribution in [0, 0.1) is 0 Å². The molecule has 2 rings (SSSR count). The van der Waals surface area contributed by atoms with Gasteiger partial charge in [0.05, 0.1) is 12.2 Å². The minimum atomic E-state index is -3.46. The lowest BCUT2D eigenvalue weighted by molar-refractivity contribution is 0.322. The molecule has 1 fully saturated rings. The molecule has 2 heterocycles. The van der Waals surface area contributed by atoms with Crippen LogP contribution in [-0.4, -0.2) is 49.7 Å². The van der Waals surface area contributed by atoms with E-state index in [-0.39, 0.29) is 6.04 Å². The van der Waals surface area contributed by atoms with E-state index in [1.54, 1.807) is 16.9 Å². The fraction of sp³-hybridized carbons (Fsp3) is 0.625. The maximum absolute atomic E-state index is 11.6. The van der Waals surface area contributed by atoms with Crippen molar-refractivity contribution >= 4 is 16.0 Å². The second-order valence-corrected chi connectivity index (χ2v) is 5.75. The van der Waals surface area contributed by atoms with Crippen LogP contribution in [0.5, 0.6) is 0 Å². The van der Waals surface area contributed by atoms with Gasteiger partial charge >= 0.3 is 10.2 Å². The Labute approximate surface area is 94.6 Å². The molecule has 0 aromatic carbocycles. The van der Waals surface area contributed by atoms with Gasteiger partial charge in [-0.3, -0.25) is 4.72 Å². The Bertz CT molecular complexity index is 463. The molecule has 1 aromatic heterocycles. The van der Waals surface area contributed by atoms with E-state index in [1.165, 1.54) is 14.1 Å². The number of nitrogens with zero attached hydrogens (tertiary/aromatic N) is 3. The molecule has 1 aromatic rings. The highest BCUT2D eigenvalue weighted by Gasteiger charge is 2.23. The number of aromatic nitrogens is 2. The van der Waals surface area contributed by atoms with E-state index >= 15 is 0 Å². The molecule has 0 atom stereocenters. The number of hydrogen-bond donors (Lipinski definition) is 2. The Hall–Kier alpha value is -1.12. The molecule has 0 bridgehead atoms. The molecular weight excluding hydrogens is 230 g/mol. The highest BCUT2D eigenvalue weighted by Crippen LogP contribution is 2.18. The van der Waals surface area contributed by atoms with E-state index in [4.69, 9.17) is 0 Å². The molecule has 0 amide bonds. The summed E-state index contributed by atoms with van der Waals surface area (Å²) >= 11 is 0. The van der Waals surface area contributed by atoms with Gasteiger partial charge in [0, 0.05) is 33.3 Å². The lowest BCUT2D eigenvalue weighted by Crippen LogP contribution is -2.44. The van der Waals surface area contributed by atoms with Crippen LogP contribution in [0.1, 0.15) is 6.04 Å². The van der Waals surface area contributed by atoms with Crippen LogP contribution in [0.2, 0.25) is 0 Å². The van der Waals surface area contributed by atoms with Crippen molar-refractivity contribution in [1.82, 2.24) is 19.4 Å². The van der Waals surface area contributed by atoms with Crippen LogP contribution >= 0.6 is 0 Å². The summed E-state index contributed by atoms with van der Waals surface area (Å²) in [5, 5.41) is 7.23. The average molecular weight is 245 g/mol. The maximum atomic E-state index is 11.6. The highest BCUT2D eigenvalue weighted by atomic mass is 32.2. The maximum Gasteiger partial charge on any atom is 0.302 e. The van der Waals surface area contributed by atoms with Crippen molar-refractivity contribution < 1.29 is 8.42 Å². The van der Waals surface area contributed by atoms with E-state index in [0.29, 0.717) is 5.82 Å². The molecule has 0 unspecified atom stereocenters. The molecule has 1 aliphatic heterocycles. The Kier molecular flexibility index (Phi) is 2.87. The summed E-state index contributed by atoms with van der Waals surface area (Å²) in [5.41, 5.74) is 0. The van der Waals surface area contributed by atoms with Crippen molar-refractivity contribution in [2.45, 2.75) is 6.04 Å². The molecule has 2 N–H and O–H groups in total. The fourth-order valence-electron chi connectivity index (χ4n) is 1.36. The zero-order chi connectivity index (χ0) is 11.8. The van der Waals surface area contributed by atoms with Crippen LogP contribution in [0.3, 0.4) is 0 Å². The minimum absolute atomic E-state index is 0.231. The molecule has 8 heteroatoms. The standard InChI is InChI=1S/C8H15N5O2S/c1-12(2)16(14,15)11-8-3-4-10-13(8)7-5-9-6-7/h3-4,7,9,11H,5-6H2,1-2H3. The summed E-state index contributed by atoms with van der Waals surface area (Å²) in [6.07, 6.45) is 1.59. The summed E-state index contributed by atoms with van der Waals surface area (Å²) < 4.78 is 28.6. The van der Waals surface area contributed by atoms with E-state index in [1.807, 2.05) is 0 Å². The molecule has 0 radical (unpaired) electrons. The van der Waals surface area contributed by atoms with E-state index in [9.17, 15) is 8.42 Å². The summed E-state index contributed by atoms with van der Waals surface area (Å²) in [7, 11) is -0.499. The van der Waals surface area contributed by atoms with Crippen LogP contribution in [0.4, 0.5) is 5.82 Å². The smallest absolute Gasteiger partial charge is 0.302 e. The monoisotopic (exact) mass is 245 g/mol. The molecule has 1 aliphatic rings. The van der Waals surface area contributed by atoms with Crippen LogP contribution in [-0.2, 0) is 10.2 Å². The fourth-order valence-corrected chi connectivity index (χ4v) is 1.96. The van der Waals surface area contributed by atoms with Gasteiger partial charge in [0.25, 0.3) is 0 Å². The molecule has 0 saturated carbocycles. The number of nitrogens with one attached hydrogen (secondary N) is 2. The predicted molar refractivity (Wildman–Crippen MR) is 60.4 cm³/mol. The highest BCUT2D eigenvalue weighted by molar-refractivity contribution is 7.90. The zero-order valence-electron chi connectivity index (χ0n) is 9.21. The second kappa shape index (κ2) is 4.04. The van der Waals surface area contributed by atoms with Crippen LogP contribution < -0.4 is 10.0 Å². The van der Waals surface area contributed by atoms with Gasteiger partial charge in [-0.1, -0.05) is 0 Å². The minimum Gasteiger partial charge on any atom is -0.312 e. The van der Waals surface area contributed by atoms with Gasteiger partial charge in [-0.2, -0.15) is 17.8 Å². The normalized spacial score (nSPS) is 17.4. The van der Waals surface area contributed by atoms with Gasteiger partial charge in [0.2, 0.25) is 0 Å². The lowest BCUT2D eigenvalue weighted by Gasteiger charge is -2.29. The lowest BCUT2D eigenvalue weighted by atomic mass is 10.2. The first-order valence-corrected chi connectivity index (χ1v) is 6.39. The Morgan fingerprint density at radius 1 is 1.56 bits per heavy atom. The van der Waals surface area contributed by atoms with Crippen molar-refractivity contribution in [2.24, 2.45) is 0 Å². The average Bonchev–Trinajstić information content (AvgIpc) is 2.49. The van der Waals surface area contributed by atoms with Crippen molar-refractivity contribution in [3.05, 3.63) is 12.3 Å². The summed E-state index contributed by atoms with van der Waals surface area (Å²) in [6, 6.07) is 1.88. The number of anilines is 1. The molecule has 0 aliphatic carbocycles. The van der Waals surface area contributed by atoms with Gasteiger partial charge in [-0.25, -0.2) is 4.68 Å². The predicted octanol–water partition coefficient (Wildman–Crippen LogP) is -0.754. The molecule has 90 valence electrons. The first kappa shape index (κ1) is 11.4. The Morgan fingerprint density at radius 2 is 2.25 bits per heavy atom. The van der Waals surface area contributed by atoms with E-state index < -0.39 is 10.2 Å². The van der Waals surface area contributed by atoms with Gasteiger partial charge in [0.1, 0.15) is 5.82 Å². The first-order chi connectivity index (χ1) is 7.50. The number of hydrogen-bond acceptors (Lipinski definition) is 4. The van der Waals surface area contributed by atoms with Crippen LogP contribution in [0.15, 0.2) is 12.3 Å². The van der Waals surface area contributed by atoms with Gasteiger partial charge in [0.15, 0.2) is 0 Å². The zero-order valence-corrected chi connectivity index (χ0v) is 10.0. The topological polar surface area (TPSA) is 79.3 Å². The van der Waals surface area contributed by atoms with Crippen molar-refractivity contribution in [3.63, 3.8) is 0 Å². The third-order valence-electron chi connectivity index (χ3n) is 2.49. The van der Waals surface area contributed by atoms with Gasteiger partial charge < -0.3 is 5.32 Å².